The number of halogens is 1. The second-order valence-corrected chi connectivity index (χ2v) is 7.21. The van der Waals surface area contributed by atoms with E-state index in [4.69, 9.17) is 16.3 Å². The Hall–Kier alpha value is -0.140. The molecule has 0 aliphatic heterocycles. The highest BCUT2D eigenvalue weighted by Gasteiger charge is 2.24. The van der Waals surface area contributed by atoms with E-state index < -0.39 is 10.0 Å². The summed E-state index contributed by atoms with van der Waals surface area (Å²) in [6.07, 6.45) is 0. The third-order valence-corrected chi connectivity index (χ3v) is 5.96. The van der Waals surface area contributed by atoms with Gasteiger partial charge in [-0.3, -0.25) is 0 Å². The minimum atomic E-state index is -3.43. The van der Waals surface area contributed by atoms with Crippen molar-refractivity contribution in [3.8, 4) is 0 Å². The van der Waals surface area contributed by atoms with Crippen LogP contribution in [-0.4, -0.2) is 40.0 Å². The zero-order valence-corrected chi connectivity index (χ0v) is 12.5. The molecule has 0 unspecified atom stereocenters. The van der Waals surface area contributed by atoms with Gasteiger partial charge >= 0.3 is 0 Å². The van der Waals surface area contributed by atoms with Crippen LogP contribution in [0, 0.1) is 6.92 Å². The van der Waals surface area contributed by atoms with Crippen LogP contribution in [0.1, 0.15) is 9.75 Å². The smallest absolute Gasteiger partial charge is 0.244 e. The first-order valence-electron chi connectivity index (χ1n) is 5.04. The van der Waals surface area contributed by atoms with E-state index in [-0.39, 0.29) is 0 Å². The molecule has 0 aromatic carbocycles. The molecule has 0 spiro atoms. The second kappa shape index (κ2) is 6.15. The number of ether oxygens (including phenoxy) is 1. The number of methoxy groups -OCH3 is 1. The number of rotatable bonds is 6. The van der Waals surface area contributed by atoms with Gasteiger partial charge in [0.2, 0.25) is 10.0 Å². The van der Waals surface area contributed by atoms with Crippen molar-refractivity contribution in [3.63, 3.8) is 0 Å². The molecule has 0 radical (unpaired) electrons. The molecule has 0 N–H and O–H groups in total. The van der Waals surface area contributed by atoms with Gasteiger partial charge in [-0.15, -0.1) is 22.9 Å². The highest BCUT2D eigenvalue weighted by atomic mass is 35.5. The molecule has 0 atom stereocenters. The molecule has 17 heavy (non-hydrogen) atoms. The topological polar surface area (TPSA) is 46.6 Å². The van der Waals surface area contributed by atoms with Crippen LogP contribution in [0.4, 0.5) is 0 Å². The van der Waals surface area contributed by atoms with E-state index in [1.165, 1.54) is 15.6 Å². The molecule has 0 fully saturated rings. The summed E-state index contributed by atoms with van der Waals surface area (Å²) < 4.78 is 30.6. The predicted octanol–water partition coefficient (Wildman–Crippen LogP) is 2.06. The molecular weight excluding hydrogens is 282 g/mol. The molecule has 0 bridgehead atoms. The van der Waals surface area contributed by atoms with Crippen molar-refractivity contribution in [2.45, 2.75) is 17.7 Å². The summed E-state index contributed by atoms with van der Waals surface area (Å²) in [4.78, 5) is 1.98. The fourth-order valence-corrected chi connectivity index (χ4v) is 4.20. The van der Waals surface area contributed by atoms with E-state index in [0.717, 1.165) is 9.75 Å². The van der Waals surface area contributed by atoms with Crippen molar-refractivity contribution in [3.05, 3.63) is 15.8 Å². The number of hydrogen-bond acceptors (Lipinski definition) is 4. The molecule has 1 rings (SSSR count). The predicted molar refractivity (Wildman–Crippen MR) is 70.3 cm³/mol. The van der Waals surface area contributed by atoms with E-state index in [1.807, 2.05) is 0 Å². The molecule has 0 saturated heterocycles. The summed E-state index contributed by atoms with van der Waals surface area (Å²) in [5.41, 5.74) is 0. The minimum absolute atomic E-state index is 0.336. The number of aryl methyl sites for hydroxylation is 1. The molecular formula is C10H16ClNO3S2. The summed E-state index contributed by atoms with van der Waals surface area (Å²) >= 11 is 7.12. The van der Waals surface area contributed by atoms with Crippen molar-refractivity contribution in [2.75, 3.05) is 27.3 Å². The normalized spacial score (nSPS) is 12.3. The fourth-order valence-electron chi connectivity index (χ4n) is 1.35. The maximum absolute atomic E-state index is 12.2. The first-order chi connectivity index (χ1) is 7.93. The van der Waals surface area contributed by atoms with Crippen LogP contribution < -0.4 is 0 Å². The average Bonchev–Trinajstić information content (AvgIpc) is 2.67. The molecule has 0 aliphatic carbocycles. The Morgan fingerprint density at radius 3 is 2.65 bits per heavy atom. The van der Waals surface area contributed by atoms with Gasteiger partial charge in [-0.25, -0.2) is 8.42 Å². The molecule has 4 nitrogen and oxygen atoms in total. The van der Waals surface area contributed by atoms with Crippen LogP contribution in [0.2, 0.25) is 0 Å². The van der Waals surface area contributed by atoms with Crippen molar-refractivity contribution < 1.29 is 13.2 Å². The Morgan fingerprint density at radius 1 is 1.53 bits per heavy atom. The summed E-state index contributed by atoms with van der Waals surface area (Å²) in [5.74, 6) is 0.336. The number of likely N-dealkylation sites (N-methyl/N-ethyl adjacent to an activating group) is 1. The highest BCUT2D eigenvalue weighted by molar-refractivity contribution is 7.89. The van der Waals surface area contributed by atoms with Gasteiger partial charge in [0.05, 0.1) is 17.4 Å². The van der Waals surface area contributed by atoms with Crippen LogP contribution in [-0.2, 0) is 20.6 Å². The van der Waals surface area contributed by atoms with Gasteiger partial charge in [0.25, 0.3) is 0 Å². The summed E-state index contributed by atoms with van der Waals surface area (Å²) in [7, 11) is -0.335. The Balaban J connectivity index is 2.99. The number of thiophene rings is 1. The van der Waals surface area contributed by atoms with Crippen molar-refractivity contribution in [1.82, 2.24) is 4.31 Å². The lowest BCUT2D eigenvalue weighted by atomic mass is 10.4. The minimum Gasteiger partial charge on any atom is -0.383 e. The Kier molecular flexibility index (Phi) is 5.40. The molecule has 1 aromatic heterocycles. The lowest BCUT2D eigenvalue weighted by molar-refractivity contribution is 0.185. The van der Waals surface area contributed by atoms with Gasteiger partial charge in [0.1, 0.15) is 0 Å². The van der Waals surface area contributed by atoms with E-state index in [9.17, 15) is 8.42 Å². The lowest BCUT2D eigenvalue weighted by Gasteiger charge is -2.16. The van der Waals surface area contributed by atoms with E-state index in [1.54, 1.807) is 27.1 Å². The van der Waals surface area contributed by atoms with Crippen LogP contribution >= 0.6 is 22.9 Å². The Bertz CT molecular complexity index is 470. The molecule has 1 aromatic rings. The number of nitrogens with zero attached hydrogens (tertiary/aromatic N) is 1. The molecule has 0 amide bonds. The molecule has 0 aliphatic rings. The van der Waals surface area contributed by atoms with Crippen molar-refractivity contribution >= 4 is 33.0 Å². The first-order valence-corrected chi connectivity index (χ1v) is 7.83. The number of hydrogen-bond donors (Lipinski definition) is 0. The van der Waals surface area contributed by atoms with Crippen molar-refractivity contribution in [1.29, 1.82) is 0 Å². The third-order valence-electron chi connectivity index (χ3n) is 2.35. The fraction of sp³-hybridized carbons (Fsp3) is 0.600. The SMILES string of the molecule is COCCN(C)S(=O)(=O)c1cc(CCl)sc1C. The summed E-state index contributed by atoms with van der Waals surface area (Å²) in [6, 6.07) is 1.64. The van der Waals surface area contributed by atoms with Crippen LogP contribution in [0.3, 0.4) is 0 Å². The lowest BCUT2D eigenvalue weighted by Crippen LogP contribution is -2.30. The van der Waals surface area contributed by atoms with Gasteiger partial charge in [0.15, 0.2) is 0 Å². The number of sulfonamides is 1. The largest absolute Gasteiger partial charge is 0.383 e. The maximum Gasteiger partial charge on any atom is 0.244 e. The van der Waals surface area contributed by atoms with Crippen LogP contribution in [0.15, 0.2) is 11.0 Å². The zero-order valence-electron chi connectivity index (χ0n) is 10.1. The van der Waals surface area contributed by atoms with Crippen LogP contribution in [0.5, 0.6) is 0 Å². The van der Waals surface area contributed by atoms with E-state index in [0.29, 0.717) is 23.9 Å². The molecule has 98 valence electrons. The first kappa shape index (κ1) is 14.9. The Labute approximate surface area is 111 Å². The van der Waals surface area contributed by atoms with Gasteiger partial charge < -0.3 is 4.74 Å². The monoisotopic (exact) mass is 297 g/mol. The molecule has 0 saturated carbocycles. The van der Waals surface area contributed by atoms with Gasteiger partial charge in [-0.1, -0.05) is 0 Å². The van der Waals surface area contributed by atoms with Gasteiger partial charge in [-0.05, 0) is 13.0 Å². The molecule has 1 heterocycles. The summed E-state index contributed by atoms with van der Waals surface area (Å²) in [5, 5.41) is 0. The maximum atomic E-state index is 12.2. The number of alkyl halides is 1. The van der Waals surface area contributed by atoms with Crippen molar-refractivity contribution in [2.24, 2.45) is 0 Å². The highest BCUT2D eigenvalue weighted by Crippen LogP contribution is 2.28. The quantitative estimate of drug-likeness (QED) is 0.755. The third kappa shape index (κ3) is 3.42. The van der Waals surface area contributed by atoms with Gasteiger partial charge in [-0.2, -0.15) is 4.31 Å². The Morgan fingerprint density at radius 2 is 2.18 bits per heavy atom. The van der Waals surface area contributed by atoms with Gasteiger partial charge in [0, 0.05) is 30.5 Å². The summed E-state index contributed by atoms with van der Waals surface area (Å²) in [6.45, 7) is 2.50. The second-order valence-electron chi connectivity index (χ2n) is 3.59. The van der Waals surface area contributed by atoms with E-state index >= 15 is 0 Å². The van der Waals surface area contributed by atoms with Crippen LogP contribution in [0.25, 0.3) is 0 Å². The molecule has 7 heteroatoms. The zero-order chi connectivity index (χ0) is 13.1. The average molecular weight is 298 g/mol. The standard InChI is InChI=1S/C10H16ClNO3S2/c1-8-10(6-9(7-11)16-8)17(13,14)12(2)4-5-15-3/h6H,4-5,7H2,1-3H3. The van der Waals surface area contributed by atoms with E-state index in [2.05, 4.69) is 0 Å².